The molecule has 1 unspecified atom stereocenters. The summed E-state index contributed by atoms with van der Waals surface area (Å²) in [5, 5.41) is 10.5. The van der Waals surface area contributed by atoms with Crippen LogP contribution in [0.1, 0.15) is 44.4 Å². The van der Waals surface area contributed by atoms with Gasteiger partial charge in [-0.15, -0.1) is 0 Å². The van der Waals surface area contributed by atoms with E-state index in [2.05, 4.69) is 43.6 Å². The Kier molecular flexibility index (Phi) is 8.58. The molecular formula is C18H32N2O. The third-order valence-electron chi connectivity index (χ3n) is 4.27. The first-order valence-electron chi connectivity index (χ1n) is 8.30. The lowest BCUT2D eigenvalue weighted by Gasteiger charge is -2.26. The van der Waals surface area contributed by atoms with E-state index in [-0.39, 0.29) is 6.10 Å². The molecule has 0 saturated heterocycles. The molecule has 3 heteroatoms. The molecule has 0 saturated carbocycles. The van der Waals surface area contributed by atoms with E-state index >= 15 is 0 Å². The topological polar surface area (TPSA) is 26.7 Å². The Morgan fingerprint density at radius 2 is 1.52 bits per heavy atom. The Bertz CT molecular complexity index is 391. The number of nitrogens with zero attached hydrogens (tertiary/aromatic N) is 2. The van der Waals surface area contributed by atoms with Crippen molar-refractivity contribution in [2.24, 2.45) is 0 Å². The summed E-state index contributed by atoms with van der Waals surface area (Å²) in [6, 6.07) is 8.12. The summed E-state index contributed by atoms with van der Waals surface area (Å²) < 4.78 is 0. The van der Waals surface area contributed by atoms with Gasteiger partial charge in [-0.3, -0.25) is 0 Å². The number of rotatable bonds is 10. The number of aliphatic hydroxyl groups excluding tert-OH is 1. The smallest absolute Gasteiger partial charge is 0.0919 e. The molecule has 0 radical (unpaired) electrons. The first kappa shape index (κ1) is 18.1. The molecule has 3 nitrogen and oxygen atoms in total. The molecule has 1 N–H and O–H groups in total. The average molecular weight is 292 g/mol. The molecular weight excluding hydrogens is 260 g/mol. The third-order valence-corrected chi connectivity index (χ3v) is 4.27. The van der Waals surface area contributed by atoms with Crippen molar-refractivity contribution in [2.45, 2.75) is 40.2 Å². The van der Waals surface area contributed by atoms with Gasteiger partial charge in [0.05, 0.1) is 6.10 Å². The van der Waals surface area contributed by atoms with E-state index in [0.29, 0.717) is 0 Å². The fourth-order valence-corrected chi connectivity index (χ4v) is 2.74. The van der Waals surface area contributed by atoms with Gasteiger partial charge in [0.25, 0.3) is 0 Å². The van der Waals surface area contributed by atoms with Crippen molar-refractivity contribution >= 4 is 0 Å². The maximum Gasteiger partial charge on any atom is 0.0919 e. The van der Waals surface area contributed by atoms with Crippen LogP contribution in [0.5, 0.6) is 0 Å². The molecule has 120 valence electrons. The van der Waals surface area contributed by atoms with Gasteiger partial charge in [-0.2, -0.15) is 0 Å². The molecule has 1 aromatic rings. The van der Waals surface area contributed by atoms with Crippen molar-refractivity contribution in [3.63, 3.8) is 0 Å². The zero-order valence-electron chi connectivity index (χ0n) is 14.2. The zero-order chi connectivity index (χ0) is 15.7. The molecule has 0 aliphatic carbocycles. The van der Waals surface area contributed by atoms with Crippen molar-refractivity contribution in [1.82, 2.24) is 9.80 Å². The van der Waals surface area contributed by atoms with Crippen molar-refractivity contribution in [3.8, 4) is 0 Å². The van der Waals surface area contributed by atoms with Crippen molar-refractivity contribution in [1.29, 1.82) is 0 Å². The van der Waals surface area contributed by atoms with Gasteiger partial charge in [0.2, 0.25) is 0 Å². The van der Waals surface area contributed by atoms with Crippen LogP contribution < -0.4 is 0 Å². The Hall–Kier alpha value is -0.900. The highest BCUT2D eigenvalue weighted by molar-refractivity contribution is 5.27. The maximum atomic E-state index is 10.5. The fraction of sp³-hybridized carbons (Fsp3) is 0.667. The van der Waals surface area contributed by atoms with Crippen LogP contribution in [0.25, 0.3) is 0 Å². The van der Waals surface area contributed by atoms with Gasteiger partial charge in [-0.1, -0.05) is 45.0 Å². The van der Waals surface area contributed by atoms with E-state index in [0.717, 1.165) is 51.3 Å². The van der Waals surface area contributed by atoms with Gasteiger partial charge >= 0.3 is 0 Å². The number of aliphatic hydroxyl groups is 1. The highest BCUT2D eigenvalue weighted by atomic mass is 16.3. The van der Waals surface area contributed by atoms with E-state index in [1.165, 1.54) is 5.56 Å². The minimum atomic E-state index is -0.389. The van der Waals surface area contributed by atoms with Gasteiger partial charge in [-0.25, -0.2) is 0 Å². The summed E-state index contributed by atoms with van der Waals surface area (Å²) in [6.07, 6.45) is 0.773. The second-order valence-corrected chi connectivity index (χ2v) is 5.65. The summed E-state index contributed by atoms with van der Waals surface area (Å²) in [6.45, 7) is 14.8. The summed E-state index contributed by atoms with van der Waals surface area (Å²) in [5.74, 6) is 0. The third kappa shape index (κ3) is 6.16. The molecule has 1 rings (SSSR count). The number of aryl methyl sites for hydroxylation is 1. The first-order chi connectivity index (χ1) is 10.1. The van der Waals surface area contributed by atoms with Crippen LogP contribution in [0.2, 0.25) is 0 Å². The number of benzene rings is 1. The van der Waals surface area contributed by atoms with Crippen LogP contribution in [0, 0.1) is 6.92 Å². The second kappa shape index (κ2) is 9.93. The number of hydrogen-bond donors (Lipinski definition) is 1. The Labute approximate surface area is 130 Å². The summed E-state index contributed by atoms with van der Waals surface area (Å²) in [7, 11) is 0. The van der Waals surface area contributed by atoms with Crippen molar-refractivity contribution < 1.29 is 5.11 Å². The van der Waals surface area contributed by atoms with Crippen molar-refractivity contribution in [2.75, 3.05) is 39.3 Å². The lowest BCUT2D eigenvalue weighted by Crippen LogP contribution is -2.32. The fourth-order valence-electron chi connectivity index (χ4n) is 2.74. The maximum absolute atomic E-state index is 10.5. The van der Waals surface area contributed by atoms with Gasteiger partial charge in [0, 0.05) is 6.54 Å². The van der Waals surface area contributed by atoms with Crippen LogP contribution in [0.3, 0.4) is 0 Å². The molecule has 0 heterocycles. The zero-order valence-corrected chi connectivity index (χ0v) is 14.2. The lowest BCUT2D eigenvalue weighted by atomic mass is 10.0. The van der Waals surface area contributed by atoms with Gasteiger partial charge < -0.3 is 14.9 Å². The molecule has 0 fully saturated rings. The van der Waals surface area contributed by atoms with Gasteiger partial charge in [-0.05, 0) is 57.2 Å². The highest BCUT2D eigenvalue weighted by Crippen LogP contribution is 2.18. The van der Waals surface area contributed by atoms with Crippen LogP contribution in [-0.2, 0) is 0 Å². The predicted octanol–water partition coefficient (Wildman–Crippen LogP) is 3.08. The van der Waals surface area contributed by atoms with Crippen LogP contribution in [0.4, 0.5) is 0 Å². The van der Waals surface area contributed by atoms with Crippen LogP contribution in [-0.4, -0.2) is 54.2 Å². The first-order valence-corrected chi connectivity index (χ1v) is 8.30. The van der Waals surface area contributed by atoms with E-state index < -0.39 is 0 Å². The monoisotopic (exact) mass is 292 g/mol. The second-order valence-electron chi connectivity index (χ2n) is 5.65. The van der Waals surface area contributed by atoms with Gasteiger partial charge in [0.15, 0.2) is 0 Å². The minimum Gasteiger partial charge on any atom is -0.387 e. The molecule has 0 bridgehead atoms. The highest BCUT2D eigenvalue weighted by Gasteiger charge is 2.14. The van der Waals surface area contributed by atoms with Crippen molar-refractivity contribution in [3.05, 3.63) is 35.4 Å². The largest absolute Gasteiger partial charge is 0.387 e. The standard InChI is InChI=1S/C18H32N2O/c1-5-19(6-2)13-10-14-20(7-3)15-18(21)17-12-9-8-11-16(17)4/h8-9,11-12,18,21H,5-7,10,13-15H2,1-4H3. The molecule has 0 aliphatic rings. The summed E-state index contributed by atoms with van der Waals surface area (Å²) in [5.41, 5.74) is 2.23. The minimum absolute atomic E-state index is 0.389. The van der Waals surface area contributed by atoms with Crippen LogP contribution >= 0.6 is 0 Å². The normalized spacial score (nSPS) is 13.1. The van der Waals surface area contributed by atoms with E-state index in [9.17, 15) is 5.11 Å². The average Bonchev–Trinajstić information content (AvgIpc) is 2.50. The Balaban J connectivity index is 2.45. The van der Waals surface area contributed by atoms with E-state index in [4.69, 9.17) is 0 Å². The molecule has 0 amide bonds. The molecule has 0 aromatic heterocycles. The van der Waals surface area contributed by atoms with E-state index in [1.807, 2.05) is 18.2 Å². The number of hydrogen-bond acceptors (Lipinski definition) is 3. The molecule has 1 aromatic carbocycles. The SMILES string of the molecule is CCN(CC)CCCN(CC)CC(O)c1ccccc1C. The lowest BCUT2D eigenvalue weighted by molar-refractivity contribution is 0.112. The van der Waals surface area contributed by atoms with Gasteiger partial charge in [0.1, 0.15) is 0 Å². The molecule has 0 spiro atoms. The molecule has 1 atom stereocenters. The predicted molar refractivity (Wildman–Crippen MR) is 90.7 cm³/mol. The Morgan fingerprint density at radius 3 is 2.10 bits per heavy atom. The molecule has 21 heavy (non-hydrogen) atoms. The van der Waals surface area contributed by atoms with Crippen LogP contribution in [0.15, 0.2) is 24.3 Å². The van der Waals surface area contributed by atoms with E-state index in [1.54, 1.807) is 0 Å². The molecule has 0 aliphatic heterocycles. The Morgan fingerprint density at radius 1 is 0.952 bits per heavy atom. The summed E-state index contributed by atoms with van der Waals surface area (Å²) >= 11 is 0. The summed E-state index contributed by atoms with van der Waals surface area (Å²) in [4.78, 5) is 4.80. The number of likely N-dealkylation sites (N-methyl/N-ethyl adjacent to an activating group) is 1. The quantitative estimate of drug-likeness (QED) is 0.718.